The number of hydrogen-bond donors (Lipinski definition) is 3. The Morgan fingerprint density at radius 1 is 1.63 bits per heavy atom. The molecule has 0 saturated carbocycles. The standard InChI is InChI=1S/C11H16N4O4/c1-14-8(13)2-3-15(11(14)18)10-6(4-12)9(17)7(5-16)19-10/h2-3,6-10,16-17H,5,13H2,1H3/t6-,7+,8?,9-,10+/m0/s1. The Kier molecular flexibility index (Phi) is 3.73. The minimum atomic E-state index is -1.14. The smallest absolute Gasteiger partial charge is 0.327 e. The van der Waals surface area contributed by atoms with Crippen LogP contribution in [0.2, 0.25) is 0 Å². The van der Waals surface area contributed by atoms with Crippen LogP contribution in [-0.4, -0.2) is 64.3 Å². The topological polar surface area (TPSA) is 123 Å². The van der Waals surface area contributed by atoms with Crippen molar-refractivity contribution in [3.8, 4) is 6.07 Å². The molecule has 19 heavy (non-hydrogen) atoms. The normalized spacial score (nSPS) is 38.7. The van der Waals surface area contributed by atoms with Crippen LogP contribution < -0.4 is 5.73 Å². The van der Waals surface area contributed by atoms with Gasteiger partial charge in [-0.25, -0.2) is 4.79 Å². The van der Waals surface area contributed by atoms with Gasteiger partial charge in [0.2, 0.25) is 0 Å². The van der Waals surface area contributed by atoms with Crippen molar-refractivity contribution in [2.75, 3.05) is 13.7 Å². The summed E-state index contributed by atoms with van der Waals surface area (Å²) in [4.78, 5) is 14.6. The molecule has 0 aliphatic carbocycles. The molecule has 0 aromatic carbocycles. The van der Waals surface area contributed by atoms with Crippen molar-refractivity contribution in [2.45, 2.75) is 24.6 Å². The molecule has 2 aliphatic rings. The average molecular weight is 268 g/mol. The van der Waals surface area contributed by atoms with E-state index in [4.69, 9.17) is 20.8 Å². The molecule has 2 amide bonds. The van der Waals surface area contributed by atoms with Crippen LogP contribution in [0.5, 0.6) is 0 Å². The summed E-state index contributed by atoms with van der Waals surface area (Å²) in [5.41, 5.74) is 5.67. The predicted molar refractivity (Wildman–Crippen MR) is 63.0 cm³/mol. The number of hydrogen-bond acceptors (Lipinski definition) is 6. The Balaban J connectivity index is 2.24. The quantitative estimate of drug-likeness (QED) is 0.552. The Labute approximate surface area is 110 Å². The number of nitriles is 1. The molecule has 0 radical (unpaired) electrons. The summed E-state index contributed by atoms with van der Waals surface area (Å²) in [6.07, 6.45) is -0.467. The van der Waals surface area contributed by atoms with Gasteiger partial charge in [-0.3, -0.25) is 4.90 Å². The van der Waals surface area contributed by atoms with E-state index in [9.17, 15) is 9.90 Å². The van der Waals surface area contributed by atoms with Gasteiger partial charge in [-0.05, 0) is 6.08 Å². The fourth-order valence-corrected chi connectivity index (χ4v) is 2.15. The average Bonchev–Trinajstić information content (AvgIpc) is 2.72. The first-order chi connectivity index (χ1) is 9.01. The lowest BCUT2D eigenvalue weighted by Crippen LogP contribution is -2.54. The molecule has 1 fully saturated rings. The molecule has 0 spiro atoms. The summed E-state index contributed by atoms with van der Waals surface area (Å²) in [7, 11) is 1.53. The van der Waals surface area contributed by atoms with E-state index in [0.717, 1.165) is 0 Å². The molecule has 0 bridgehead atoms. The van der Waals surface area contributed by atoms with Crippen LogP contribution in [0.4, 0.5) is 4.79 Å². The zero-order valence-corrected chi connectivity index (χ0v) is 10.4. The van der Waals surface area contributed by atoms with E-state index in [2.05, 4.69) is 0 Å². The molecule has 104 valence electrons. The van der Waals surface area contributed by atoms with E-state index in [1.54, 1.807) is 6.08 Å². The molecule has 0 aromatic heterocycles. The summed E-state index contributed by atoms with van der Waals surface area (Å²) in [6.45, 7) is -0.420. The Hall–Kier alpha value is -1.66. The van der Waals surface area contributed by atoms with Crippen molar-refractivity contribution in [3.63, 3.8) is 0 Å². The summed E-state index contributed by atoms with van der Waals surface area (Å²) in [5, 5.41) is 28.0. The van der Waals surface area contributed by atoms with Crippen LogP contribution >= 0.6 is 0 Å². The third kappa shape index (κ3) is 2.17. The maximum absolute atomic E-state index is 12.1. The minimum absolute atomic E-state index is 0.420. The molecule has 2 rings (SSSR count). The minimum Gasteiger partial charge on any atom is -0.394 e. The second-order valence-electron chi connectivity index (χ2n) is 4.53. The number of nitrogens with two attached hydrogens (primary N) is 1. The van der Waals surface area contributed by atoms with Gasteiger partial charge in [0.25, 0.3) is 0 Å². The molecular weight excluding hydrogens is 252 g/mol. The second-order valence-corrected chi connectivity index (χ2v) is 4.53. The lowest BCUT2D eigenvalue weighted by Gasteiger charge is -2.36. The van der Waals surface area contributed by atoms with Gasteiger partial charge < -0.3 is 25.6 Å². The molecule has 4 N–H and O–H groups in total. The monoisotopic (exact) mass is 268 g/mol. The van der Waals surface area contributed by atoms with Crippen molar-refractivity contribution in [3.05, 3.63) is 12.3 Å². The van der Waals surface area contributed by atoms with Crippen molar-refractivity contribution in [1.29, 1.82) is 5.26 Å². The van der Waals surface area contributed by atoms with Crippen molar-refractivity contribution >= 4 is 6.03 Å². The van der Waals surface area contributed by atoms with Crippen LogP contribution in [0.1, 0.15) is 0 Å². The molecule has 5 atom stereocenters. The molecule has 1 saturated heterocycles. The summed E-state index contributed by atoms with van der Waals surface area (Å²) < 4.78 is 5.38. The predicted octanol–water partition coefficient (Wildman–Crippen LogP) is -1.63. The maximum atomic E-state index is 12.1. The van der Waals surface area contributed by atoms with Crippen LogP contribution in [0.3, 0.4) is 0 Å². The van der Waals surface area contributed by atoms with E-state index in [1.165, 1.54) is 23.0 Å². The van der Waals surface area contributed by atoms with Gasteiger partial charge in [-0.15, -0.1) is 0 Å². The first-order valence-electron chi connectivity index (χ1n) is 5.84. The third-order valence-corrected chi connectivity index (χ3v) is 3.39. The Bertz CT molecular complexity index is 435. The number of urea groups is 1. The van der Waals surface area contributed by atoms with Gasteiger partial charge in [0, 0.05) is 13.2 Å². The van der Waals surface area contributed by atoms with Gasteiger partial charge >= 0.3 is 6.03 Å². The number of carbonyl (C=O) groups excluding carboxylic acids is 1. The molecule has 0 aromatic rings. The van der Waals surface area contributed by atoms with Crippen LogP contribution in [0, 0.1) is 17.2 Å². The first kappa shape index (κ1) is 13.8. The fourth-order valence-electron chi connectivity index (χ4n) is 2.15. The highest BCUT2D eigenvalue weighted by molar-refractivity contribution is 5.77. The van der Waals surface area contributed by atoms with Crippen molar-refractivity contribution < 1.29 is 19.7 Å². The molecule has 2 heterocycles. The van der Waals surface area contributed by atoms with E-state index in [-0.39, 0.29) is 0 Å². The highest BCUT2D eigenvalue weighted by atomic mass is 16.5. The zero-order chi connectivity index (χ0) is 14.2. The summed E-state index contributed by atoms with van der Waals surface area (Å²) >= 11 is 0. The number of likely N-dealkylation sites (N-methyl/N-ethyl adjacent to an activating group) is 1. The van der Waals surface area contributed by atoms with Crippen molar-refractivity contribution in [2.24, 2.45) is 11.7 Å². The number of nitrogens with zero attached hydrogens (tertiary/aromatic N) is 3. The zero-order valence-electron chi connectivity index (χ0n) is 10.4. The second kappa shape index (κ2) is 5.14. The third-order valence-electron chi connectivity index (χ3n) is 3.39. The molecular formula is C11H16N4O4. The van der Waals surface area contributed by atoms with Gasteiger partial charge in [0.1, 0.15) is 24.3 Å². The fraction of sp³-hybridized carbons (Fsp3) is 0.636. The van der Waals surface area contributed by atoms with E-state index < -0.39 is 43.2 Å². The number of ether oxygens (including phenoxy) is 1. The number of amides is 2. The highest BCUT2D eigenvalue weighted by Crippen LogP contribution is 2.30. The van der Waals surface area contributed by atoms with Gasteiger partial charge in [-0.1, -0.05) is 0 Å². The van der Waals surface area contributed by atoms with Crippen LogP contribution in [-0.2, 0) is 4.74 Å². The number of carbonyl (C=O) groups is 1. The molecule has 1 unspecified atom stereocenters. The Morgan fingerprint density at radius 3 is 2.89 bits per heavy atom. The molecule has 2 aliphatic heterocycles. The van der Waals surface area contributed by atoms with Gasteiger partial charge in [0.15, 0.2) is 6.23 Å². The number of aliphatic hydroxyl groups excluding tert-OH is 2. The number of aliphatic hydroxyl groups is 2. The molecule has 8 nitrogen and oxygen atoms in total. The van der Waals surface area contributed by atoms with Gasteiger partial charge in [-0.2, -0.15) is 5.26 Å². The summed E-state index contributed by atoms with van der Waals surface area (Å²) in [5.74, 6) is -0.923. The molecule has 8 heteroatoms. The number of rotatable bonds is 2. The lowest BCUT2D eigenvalue weighted by atomic mass is 10.0. The van der Waals surface area contributed by atoms with E-state index in [1.807, 2.05) is 6.07 Å². The van der Waals surface area contributed by atoms with Gasteiger partial charge in [0.05, 0.1) is 12.7 Å². The Morgan fingerprint density at radius 2 is 2.32 bits per heavy atom. The van der Waals surface area contributed by atoms with E-state index >= 15 is 0 Å². The maximum Gasteiger partial charge on any atom is 0.327 e. The van der Waals surface area contributed by atoms with Crippen LogP contribution in [0.25, 0.3) is 0 Å². The first-order valence-corrected chi connectivity index (χ1v) is 5.84. The SMILES string of the molecule is CN1C(=O)N([C@@H]2O[C@H](CO)[C@@H](O)[C@@H]2C#N)C=CC1N. The van der Waals surface area contributed by atoms with Crippen molar-refractivity contribution in [1.82, 2.24) is 9.80 Å². The lowest BCUT2D eigenvalue weighted by molar-refractivity contribution is -0.0594. The largest absolute Gasteiger partial charge is 0.394 e. The van der Waals surface area contributed by atoms with Crippen LogP contribution in [0.15, 0.2) is 12.3 Å². The highest BCUT2D eigenvalue weighted by Gasteiger charge is 2.48. The summed E-state index contributed by atoms with van der Waals surface area (Å²) in [6, 6.07) is 1.48. The van der Waals surface area contributed by atoms with E-state index in [0.29, 0.717) is 0 Å².